The number of fused-ring (bicyclic) bond motifs is 1. The molecule has 0 saturated carbocycles. The number of benzene rings is 1. The number of halogens is 2. The Morgan fingerprint density at radius 1 is 1.40 bits per heavy atom. The number of carbonyl (C=O) groups is 1. The normalized spacial score (nSPS) is 26.6. The van der Waals surface area contributed by atoms with Crippen LogP contribution in [-0.4, -0.2) is 24.8 Å². The second kappa shape index (κ2) is 4.59. The van der Waals surface area contributed by atoms with Gasteiger partial charge < -0.3 is 20.1 Å². The van der Waals surface area contributed by atoms with E-state index in [1.807, 2.05) is 6.92 Å². The number of carbonyl (C=O) groups excluding carboxylic acids is 1. The zero-order valence-electron chi connectivity index (χ0n) is 10.8. The number of alkyl halides is 2. The van der Waals surface area contributed by atoms with Crippen molar-refractivity contribution in [2.24, 2.45) is 5.92 Å². The first-order valence-electron chi connectivity index (χ1n) is 6.39. The molecule has 20 heavy (non-hydrogen) atoms. The molecule has 0 aromatic heterocycles. The molecule has 2 aliphatic heterocycles. The van der Waals surface area contributed by atoms with Crippen LogP contribution in [0.25, 0.3) is 0 Å². The van der Waals surface area contributed by atoms with Crippen LogP contribution in [0.5, 0.6) is 11.5 Å². The average Bonchev–Trinajstić information content (AvgIpc) is 2.90. The van der Waals surface area contributed by atoms with Crippen LogP contribution in [0, 0.1) is 5.92 Å². The molecule has 2 unspecified atom stereocenters. The summed E-state index contributed by atoms with van der Waals surface area (Å²) in [5.41, 5.74) is 0.399. The van der Waals surface area contributed by atoms with Gasteiger partial charge in [-0.15, -0.1) is 8.78 Å². The number of ether oxygens (including phenoxy) is 2. The molecule has 0 aliphatic carbocycles. The summed E-state index contributed by atoms with van der Waals surface area (Å²) in [4.78, 5) is 12.1. The van der Waals surface area contributed by atoms with Gasteiger partial charge in [-0.25, -0.2) is 0 Å². The van der Waals surface area contributed by atoms with Crippen LogP contribution in [0.4, 0.5) is 14.5 Å². The number of anilines is 1. The highest BCUT2D eigenvalue weighted by atomic mass is 19.3. The molecule has 2 atom stereocenters. The Bertz CT molecular complexity index is 550. The minimum absolute atomic E-state index is 0.0413. The standard InChI is InChI=1S/C13H14F2N2O3/c1-7-4-5-16-11(7)12(18)17-8-2-3-9-10(6-8)20-13(14,15)19-9/h2-3,6-7,11,16H,4-5H2,1H3,(H,17,18). The molecule has 1 fully saturated rings. The topological polar surface area (TPSA) is 59.6 Å². The van der Waals surface area contributed by atoms with Gasteiger partial charge in [0.05, 0.1) is 6.04 Å². The van der Waals surface area contributed by atoms with E-state index in [0.717, 1.165) is 13.0 Å². The lowest BCUT2D eigenvalue weighted by molar-refractivity contribution is -0.286. The van der Waals surface area contributed by atoms with E-state index in [4.69, 9.17) is 0 Å². The molecule has 2 heterocycles. The summed E-state index contributed by atoms with van der Waals surface area (Å²) in [5, 5.41) is 5.79. The van der Waals surface area contributed by atoms with Gasteiger partial charge in [-0.1, -0.05) is 6.92 Å². The van der Waals surface area contributed by atoms with Crippen LogP contribution in [0.15, 0.2) is 18.2 Å². The molecule has 108 valence electrons. The van der Waals surface area contributed by atoms with Gasteiger partial charge in [0, 0.05) is 11.8 Å². The maximum absolute atomic E-state index is 12.9. The van der Waals surface area contributed by atoms with E-state index in [1.54, 1.807) is 0 Å². The molecule has 0 bridgehead atoms. The minimum atomic E-state index is -3.65. The second-order valence-electron chi connectivity index (χ2n) is 5.02. The van der Waals surface area contributed by atoms with Crippen molar-refractivity contribution >= 4 is 11.6 Å². The van der Waals surface area contributed by atoms with Crippen LogP contribution in [0.2, 0.25) is 0 Å². The Labute approximate surface area is 114 Å². The molecule has 1 amide bonds. The first-order valence-corrected chi connectivity index (χ1v) is 6.39. The molecule has 1 aromatic rings. The summed E-state index contributed by atoms with van der Waals surface area (Å²) in [6.45, 7) is 2.79. The predicted octanol–water partition coefficient (Wildman–Crippen LogP) is 1.94. The summed E-state index contributed by atoms with van der Waals surface area (Å²) in [7, 11) is 0. The third kappa shape index (κ3) is 2.40. The molecule has 2 aliphatic rings. The highest BCUT2D eigenvalue weighted by Crippen LogP contribution is 2.42. The fourth-order valence-corrected chi connectivity index (χ4v) is 2.43. The fourth-order valence-electron chi connectivity index (χ4n) is 2.43. The van der Waals surface area contributed by atoms with Crippen LogP contribution in [-0.2, 0) is 4.79 Å². The third-order valence-electron chi connectivity index (χ3n) is 3.48. The van der Waals surface area contributed by atoms with Gasteiger partial charge in [0.2, 0.25) is 5.91 Å². The van der Waals surface area contributed by atoms with Gasteiger partial charge in [0.15, 0.2) is 11.5 Å². The highest BCUT2D eigenvalue weighted by molar-refractivity contribution is 5.95. The van der Waals surface area contributed by atoms with Crippen molar-refractivity contribution in [1.29, 1.82) is 0 Å². The lowest BCUT2D eigenvalue weighted by Crippen LogP contribution is -2.39. The average molecular weight is 284 g/mol. The quantitative estimate of drug-likeness (QED) is 0.871. The van der Waals surface area contributed by atoms with Crippen molar-refractivity contribution < 1.29 is 23.0 Å². The van der Waals surface area contributed by atoms with Crippen molar-refractivity contribution in [3.8, 4) is 11.5 Å². The van der Waals surface area contributed by atoms with E-state index < -0.39 is 6.29 Å². The van der Waals surface area contributed by atoms with E-state index in [9.17, 15) is 13.6 Å². The second-order valence-corrected chi connectivity index (χ2v) is 5.02. The van der Waals surface area contributed by atoms with Crippen molar-refractivity contribution in [3.05, 3.63) is 18.2 Å². The maximum Gasteiger partial charge on any atom is 0.586 e. The Kier molecular flexibility index (Phi) is 3.01. The van der Waals surface area contributed by atoms with Crippen molar-refractivity contribution in [2.45, 2.75) is 25.7 Å². The Balaban J connectivity index is 1.72. The van der Waals surface area contributed by atoms with E-state index >= 15 is 0 Å². The summed E-state index contributed by atoms with van der Waals surface area (Å²) < 4.78 is 34.4. The summed E-state index contributed by atoms with van der Waals surface area (Å²) in [6.07, 6.45) is -2.71. The van der Waals surface area contributed by atoms with Crippen LogP contribution < -0.4 is 20.1 Å². The molecule has 7 heteroatoms. The van der Waals surface area contributed by atoms with Crippen LogP contribution in [0.3, 0.4) is 0 Å². The highest BCUT2D eigenvalue weighted by Gasteiger charge is 2.43. The molecule has 3 rings (SSSR count). The first-order chi connectivity index (χ1) is 9.44. The van der Waals surface area contributed by atoms with Crippen molar-refractivity contribution in [2.75, 3.05) is 11.9 Å². The number of hydrogen-bond donors (Lipinski definition) is 2. The maximum atomic E-state index is 12.9. The molecule has 2 N–H and O–H groups in total. The zero-order valence-corrected chi connectivity index (χ0v) is 10.8. The molecular weight excluding hydrogens is 270 g/mol. The first kappa shape index (κ1) is 13.1. The molecule has 1 saturated heterocycles. The fraction of sp³-hybridized carbons (Fsp3) is 0.462. The van der Waals surface area contributed by atoms with E-state index in [1.165, 1.54) is 18.2 Å². The smallest absolute Gasteiger partial charge is 0.395 e. The summed E-state index contributed by atoms with van der Waals surface area (Å²) >= 11 is 0. The van der Waals surface area contributed by atoms with Gasteiger partial charge in [0.1, 0.15) is 0 Å². The molecule has 0 radical (unpaired) electrons. The number of hydrogen-bond acceptors (Lipinski definition) is 4. The van der Waals surface area contributed by atoms with Gasteiger partial charge in [-0.05, 0) is 31.0 Å². The largest absolute Gasteiger partial charge is 0.586 e. The predicted molar refractivity (Wildman–Crippen MR) is 66.8 cm³/mol. The lowest BCUT2D eigenvalue weighted by Gasteiger charge is -2.15. The third-order valence-corrected chi connectivity index (χ3v) is 3.48. The monoisotopic (exact) mass is 284 g/mol. The van der Waals surface area contributed by atoms with Gasteiger partial charge >= 0.3 is 6.29 Å². The van der Waals surface area contributed by atoms with Gasteiger partial charge in [0.25, 0.3) is 0 Å². The van der Waals surface area contributed by atoms with E-state index in [-0.39, 0.29) is 29.4 Å². The van der Waals surface area contributed by atoms with E-state index in [2.05, 4.69) is 20.1 Å². The Hall–Kier alpha value is -1.89. The summed E-state index contributed by atoms with van der Waals surface area (Å²) in [5.74, 6) is -0.0606. The SMILES string of the molecule is CC1CCNC1C(=O)Nc1ccc2c(c1)OC(F)(F)O2. The molecule has 1 aromatic carbocycles. The summed E-state index contributed by atoms with van der Waals surface area (Å²) in [6, 6.07) is 3.91. The Morgan fingerprint density at radius 3 is 2.85 bits per heavy atom. The van der Waals surface area contributed by atoms with Crippen molar-refractivity contribution in [3.63, 3.8) is 0 Å². The molecule has 5 nitrogen and oxygen atoms in total. The Morgan fingerprint density at radius 2 is 2.15 bits per heavy atom. The minimum Gasteiger partial charge on any atom is -0.395 e. The number of amides is 1. The lowest BCUT2D eigenvalue weighted by atomic mass is 10.0. The van der Waals surface area contributed by atoms with Crippen molar-refractivity contribution in [1.82, 2.24) is 5.32 Å². The number of rotatable bonds is 2. The zero-order chi connectivity index (χ0) is 14.3. The van der Waals surface area contributed by atoms with E-state index in [0.29, 0.717) is 5.69 Å². The molecular formula is C13H14F2N2O3. The van der Waals surface area contributed by atoms with Gasteiger partial charge in [-0.3, -0.25) is 4.79 Å². The van der Waals surface area contributed by atoms with Crippen LogP contribution >= 0.6 is 0 Å². The van der Waals surface area contributed by atoms with Crippen LogP contribution in [0.1, 0.15) is 13.3 Å². The van der Waals surface area contributed by atoms with Gasteiger partial charge in [-0.2, -0.15) is 0 Å². The number of nitrogens with one attached hydrogen (secondary N) is 2. The molecule has 0 spiro atoms.